The lowest BCUT2D eigenvalue weighted by atomic mass is 9.97. The predicted octanol–water partition coefficient (Wildman–Crippen LogP) is 3.36. The van der Waals surface area contributed by atoms with Gasteiger partial charge >= 0.3 is 0 Å². The van der Waals surface area contributed by atoms with E-state index in [0.717, 1.165) is 0 Å². The molecule has 1 N–H and O–H groups in total. The van der Waals surface area contributed by atoms with Crippen molar-refractivity contribution in [3.63, 3.8) is 0 Å². The number of anilines is 1. The Hall–Kier alpha value is -2.72. The summed E-state index contributed by atoms with van der Waals surface area (Å²) in [6, 6.07) is 3.16. The van der Waals surface area contributed by atoms with Crippen LogP contribution in [0.1, 0.15) is 28.6 Å². The van der Waals surface area contributed by atoms with Crippen molar-refractivity contribution in [1.82, 2.24) is 15.3 Å². The average Bonchev–Trinajstić information content (AvgIpc) is 2.76. The van der Waals surface area contributed by atoms with Gasteiger partial charge in [0, 0.05) is 10.3 Å². The van der Waals surface area contributed by atoms with E-state index in [1.807, 2.05) is 0 Å². The third kappa shape index (κ3) is 4.07. The zero-order valence-corrected chi connectivity index (χ0v) is 14.7. The molecule has 1 unspecified atom stereocenters. The molecule has 0 saturated heterocycles. The normalized spacial score (nSPS) is 22.1. The fraction of sp³-hybridized carbons (Fsp3) is 0.294. The molecule has 3 rings (SSSR count). The number of carbonyl (C=O) groups excluding carboxylic acids is 1. The smallest absolute Gasteiger partial charge is 0.275 e. The van der Waals surface area contributed by atoms with Gasteiger partial charge in [-0.15, -0.1) is 0 Å². The second kappa shape index (κ2) is 8.11. The van der Waals surface area contributed by atoms with Crippen LogP contribution in [0.3, 0.4) is 0 Å². The zero-order valence-electron chi connectivity index (χ0n) is 19.0. The minimum Gasteiger partial charge on any atom is -0.370 e. The number of nitrogens with one attached hydrogen (secondary N) is 1. The molecule has 2 aromatic heterocycles. The largest absolute Gasteiger partial charge is 0.370 e. The summed E-state index contributed by atoms with van der Waals surface area (Å²) in [6.45, 7) is -5.11. The van der Waals surface area contributed by atoms with Crippen molar-refractivity contribution in [2.24, 2.45) is 4.99 Å². The Bertz CT molecular complexity index is 1120. The van der Waals surface area contributed by atoms with E-state index in [1.165, 1.54) is 18.2 Å². The first-order valence-corrected chi connectivity index (χ1v) is 8.07. The lowest BCUT2D eigenvalue weighted by Gasteiger charge is -2.31. The summed E-state index contributed by atoms with van der Waals surface area (Å²) in [5.74, 6) is -2.15. The SMILES string of the molecule is [2H]c1nc(C(=O)Nc2cccc(C3(CF)COCC(N(F)F)=N3)n2)c(C([2H])([2H])[2H])c([2H])c1Cl. The predicted molar refractivity (Wildman–Crippen MR) is 96.1 cm³/mol. The highest BCUT2D eigenvalue weighted by Crippen LogP contribution is 2.30. The van der Waals surface area contributed by atoms with Gasteiger partial charge < -0.3 is 10.1 Å². The molecule has 11 heteroatoms. The molecule has 1 aliphatic heterocycles. The number of nitrogens with zero attached hydrogens (tertiary/aromatic N) is 4. The molecule has 7 nitrogen and oxygen atoms in total. The number of hydrogen-bond donors (Lipinski definition) is 1. The lowest BCUT2D eigenvalue weighted by Crippen LogP contribution is -2.42. The molecular formula is C17H15ClF3N5O2. The van der Waals surface area contributed by atoms with E-state index in [4.69, 9.17) is 23.2 Å². The van der Waals surface area contributed by atoms with Crippen molar-refractivity contribution in [3.8, 4) is 0 Å². The maximum atomic E-state index is 13.9. The summed E-state index contributed by atoms with van der Waals surface area (Å²) in [4.78, 5) is 24.1. The van der Waals surface area contributed by atoms with Crippen LogP contribution < -0.4 is 5.32 Å². The van der Waals surface area contributed by atoms with Crippen LogP contribution in [0.5, 0.6) is 0 Å². The van der Waals surface area contributed by atoms with Gasteiger partial charge in [0.2, 0.25) is 0 Å². The summed E-state index contributed by atoms with van der Waals surface area (Å²) < 4.78 is 83.1. The van der Waals surface area contributed by atoms with Crippen molar-refractivity contribution < 1.29 is 29.7 Å². The third-order valence-corrected chi connectivity index (χ3v) is 3.93. The van der Waals surface area contributed by atoms with Gasteiger partial charge in [-0.2, -0.15) is 0 Å². The van der Waals surface area contributed by atoms with Crippen LogP contribution in [0.25, 0.3) is 0 Å². The van der Waals surface area contributed by atoms with E-state index < -0.39 is 77.9 Å². The van der Waals surface area contributed by atoms with Crippen molar-refractivity contribution >= 4 is 29.2 Å². The van der Waals surface area contributed by atoms with Crippen molar-refractivity contribution in [2.45, 2.75) is 12.4 Å². The number of carbonyl (C=O) groups is 1. The summed E-state index contributed by atoms with van der Waals surface area (Å²) in [5.41, 5.74) is -3.54. The van der Waals surface area contributed by atoms with Crippen LogP contribution in [0.4, 0.5) is 19.2 Å². The van der Waals surface area contributed by atoms with Crippen molar-refractivity contribution in [3.05, 3.63) is 52.4 Å². The van der Waals surface area contributed by atoms with Gasteiger partial charge in [0.05, 0.1) is 20.1 Å². The maximum absolute atomic E-state index is 13.9. The molecular weight excluding hydrogens is 399 g/mol. The maximum Gasteiger partial charge on any atom is 0.275 e. The highest BCUT2D eigenvalue weighted by Gasteiger charge is 2.39. The Morgan fingerprint density at radius 2 is 2.36 bits per heavy atom. The number of rotatable bonds is 4. The monoisotopic (exact) mass is 418 g/mol. The van der Waals surface area contributed by atoms with Gasteiger partial charge in [-0.3, -0.25) is 4.79 Å². The number of hydrogen-bond acceptors (Lipinski definition) is 6. The molecule has 2 aromatic rings. The Kier molecular flexibility index (Phi) is 4.14. The molecule has 148 valence electrons. The first-order valence-electron chi connectivity index (χ1n) is 10.2. The van der Waals surface area contributed by atoms with Gasteiger partial charge in [0.1, 0.15) is 24.8 Å². The molecule has 3 heterocycles. The van der Waals surface area contributed by atoms with Gasteiger partial charge in [0.15, 0.2) is 11.4 Å². The molecule has 1 aliphatic rings. The lowest BCUT2D eigenvalue weighted by molar-refractivity contribution is -0.0872. The van der Waals surface area contributed by atoms with E-state index in [2.05, 4.69) is 20.3 Å². The fourth-order valence-corrected chi connectivity index (χ4v) is 2.58. The van der Waals surface area contributed by atoms with E-state index in [1.54, 1.807) is 0 Å². The van der Waals surface area contributed by atoms with Gasteiger partial charge in [-0.05, 0) is 35.9 Å². The molecule has 0 aromatic carbocycles. The number of halogens is 4. The minimum absolute atomic E-state index is 0.135. The minimum atomic E-state index is -2.95. The average molecular weight is 419 g/mol. The second-order valence-corrected chi connectivity index (χ2v) is 6.05. The van der Waals surface area contributed by atoms with Crippen LogP contribution in [-0.2, 0) is 10.3 Å². The van der Waals surface area contributed by atoms with Crippen molar-refractivity contribution in [2.75, 3.05) is 25.2 Å². The van der Waals surface area contributed by atoms with Gasteiger partial charge in [-0.25, -0.2) is 19.4 Å². The number of amides is 1. The molecule has 0 radical (unpaired) electrons. The fourth-order valence-electron chi connectivity index (χ4n) is 2.44. The highest BCUT2D eigenvalue weighted by molar-refractivity contribution is 6.30. The van der Waals surface area contributed by atoms with E-state index >= 15 is 0 Å². The number of pyridine rings is 2. The first kappa shape index (κ1) is 14.3. The van der Waals surface area contributed by atoms with Crippen molar-refractivity contribution in [1.29, 1.82) is 0 Å². The number of alkyl halides is 1. The van der Waals surface area contributed by atoms with Crippen LogP contribution in [-0.4, -0.2) is 46.9 Å². The zero-order chi connectivity index (χ0) is 24.6. The first-order chi connectivity index (χ1) is 15.4. The molecule has 0 spiro atoms. The molecule has 1 atom stereocenters. The summed E-state index contributed by atoms with van der Waals surface area (Å²) >= 11 is 5.75. The number of ether oxygens (including phenoxy) is 1. The Morgan fingerprint density at radius 3 is 3.07 bits per heavy atom. The number of amidine groups is 1. The topological polar surface area (TPSA) is 79.7 Å². The molecule has 0 saturated carbocycles. The molecule has 1 amide bonds. The number of aromatic nitrogens is 2. The van der Waals surface area contributed by atoms with E-state index in [-0.39, 0.29) is 11.5 Å². The molecule has 0 aliphatic carbocycles. The second-order valence-electron chi connectivity index (χ2n) is 5.67. The quantitative estimate of drug-likeness (QED) is 0.770. The highest BCUT2D eigenvalue weighted by atomic mass is 35.5. The van der Waals surface area contributed by atoms with Crippen LogP contribution in [0, 0.1) is 6.85 Å². The van der Waals surface area contributed by atoms with Crippen LogP contribution in [0.15, 0.2) is 35.4 Å². The van der Waals surface area contributed by atoms with E-state index in [0.29, 0.717) is 0 Å². The van der Waals surface area contributed by atoms with Gasteiger partial charge in [-0.1, -0.05) is 26.6 Å². The Labute approximate surface area is 170 Å². The van der Waals surface area contributed by atoms with Crippen LogP contribution >= 0.6 is 11.6 Å². The summed E-state index contributed by atoms with van der Waals surface area (Å²) in [5, 5.41) is 0.421. The summed E-state index contributed by atoms with van der Waals surface area (Å²) in [7, 11) is 0. The molecule has 0 fully saturated rings. The standard InChI is InChI=1S/C17H15ClF3N5O2/c1-10-5-11(18)6-22-15(10)16(27)24-13-4-2-3-12(23-13)17(8-19)9-28-7-14(25-17)26(20)21/h2-6H,7-9H2,1H3,(H,23,24,27)/i1D3,5D,6D. The third-order valence-electron chi connectivity index (χ3n) is 3.75. The number of aliphatic imine (C=N–C) groups is 1. The van der Waals surface area contributed by atoms with Crippen LogP contribution in [0.2, 0.25) is 5.02 Å². The van der Waals surface area contributed by atoms with Gasteiger partial charge in [0.25, 0.3) is 5.91 Å². The van der Waals surface area contributed by atoms with E-state index in [9.17, 15) is 18.1 Å². The summed E-state index contributed by atoms with van der Waals surface area (Å²) in [6.07, 6.45) is -0.680. The molecule has 0 bridgehead atoms. The molecule has 28 heavy (non-hydrogen) atoms. The Balaban J connectivity index is 2.00. The Morgan fingerprint density at radius 1 is 1.54 bits per heavy atom.